The summed E-state index contributed by atoms with van der Waals surface area (Å²) in [4.78, 5) is 2.38. The van der Waals surface area contributed by atoms with Crippen LogP contribution in [0.3, 0.4) is 0 Å². The SMILES string of the molecule is Cc1ccc(Cl)c(OC(c2ccc(C)s2)C(C)N)c1. The lowest BCUT2D eigenvalue weighted by atomic mass is 10.1. The van der Waals surface area contributed by atoms with E-state index in [0.29, 0.717) is 10.8 Å². The fraction of sp³-hybridized carbons (Fsp3) is 0.333. The van der Waals surface area contributed by atoms with Crippen LogP contribution >= 0.6 is 22.9 Å². The van der Waals surface area contributed by atoms with E-state index < -0.39 is 0 Å². The predicted octanol–water partition coefficient (Wildman–Crippen LogP) is 4.49. The van der Waals surface area contributed by atoms with Gasteiger partial charge in [-0.2, -0.15) is 0 Å². The van der Waals surface area contributed by atoms with Crippen molar-refractivity contribution in [1.82, 2.24) is 0 Å². The van der Waals surface area contributed by atoms with E-state index >= 15 is 0 Å². The van der Waals surface area contributed by atoms with Crippen LogP contribution in [-0.2, 0) is 0 Å². The average Bonchev–Trinajstić information content (AvgIpc) is 2.76. The maximum Gasteiger partial charge on any atom is 0.148 e. The molecule has 102 valence electrons. The van der Waals surface area contributed by atoms with Crippen molar-refractivity contribution >= 4 is 22.9 Å². The molecular weight excluding hydrogens is 278 g/mol. The van der Waals surface area contributed by atoms with E-state index in [-0.39, 0.29) is 12.1 Å². The zero-order valence-electron chi connectivity index (χ0n) is 11.3. The van der Waals surface area contributed by atoms with E-state index in [1.165, 1.54) is 4.88 Å². The Balaban J connectivity index is 2.29. The van der Waals surface area contributed by atoms with Crippen LogP contribution in [0.5, 0.6) is 5.75 Å². The first-order valence-electron chi connectivity index (χ1n) is 6.22. The number of thiophene rings is 1. The Hall–Kier alpha value is -1.03. The molecule has 0 aliphatic carbocycles. The molecule has 2 nitrogen and oxygen atoms in total. The number of halogens is 1. The second-order valence-corrected chi connectivity index (χ2v) is 6.51. The smallest absolute Gasteiger partial charge is 0.148 e. The van der Waals surface area contributed by atoms with E-state index in [2.05, 4.69) is 19.1 Å². The second kappa shape index (κ2) is 5.95. The lowest BCUT2D eigenvalue weighted by Crippen LogP contribution is -2.28. The summed E-state index contributed by atoms with van der Waals surface area (Å²) in [6.07, 6.45) is -0.169. The number of hydrogen-bond acceptors (Lipinski definition) is 3. The van der Waals surface area contributed by atoms with Crippen LogP contribution in [0.4, 0.5) is 0 Å². The molecule has 1 aromatic carbocycles. The fourth-order valence-electron chi connectivity index (χ4n) is 1.87. The molecule has 2 N–H and O–H groups in total. The molecule has 0 bridgehead atoms. The Kier molecular flexibility index (Phi) is 4.50. The molecule has 0 aliphatic rings. The van der Waals surface area contributed by atoms with Crippen molar-refractivity contribution in [2.45, 2.75) is 32.9 Å². The number of benzene rings is 1. The Morgan fingerprint density at radius 2 is 1.95 bits per heavy atom. The van der Waals surface area contributed by atoms with Gasteiger partial charge in [-0.3, -0.25) is 0 Å². The number of rotatable bonds is 4. The number of nitrogens with two attached hydrogens (primary N) is 1. The first kappa shape index (κ1) is 14.4. The molecule has 0 radical (unpaired) electrons. The van der Waals surface area contributed by atoms with Crippen molar-refractivity contribution in [3.8, 4) is 5.75 Å². The van der Waals surface area contributed by atoms with Crippen molar-refractivity contribution in [1.29, 1.82) is 0 Å². The third-order valence-electron chi connectivity index (χ3n) is 2.86. The Morgan fingerprint density at radius 1 is 1.21 bits per heavy atom. The minimum absolute atomic E-state index is 0.102. The van der Waals surface area contributed by atoms with Crippen LogP contribution in [0.2, 0.25) is 5.02 Å². The molecule has 0 saturated carbocycles. The van der Waals surface area contributed by atoms with Crippen LogP contribution in [0.1, 0.15) is 28.3 Å². The van der Waals surface area contributed by atoms with Crippen molar-refractivity contribution in [2.24, 2.45) is 5.73 Å². The summed E-state index contributed by atoms with van der Waals surface area (Å²) in [7, 11) is 0. The quantitative estimate of drug-likeness (QED) is 0.902. The molecule has 1 aromatic heterocycles. The van der Waals surface area contributed by atoms with Crippen molar-refractivity contribution in [2.75, 3.05) is 0 Å². The highest BCUT2D eigenvalue weighted by Gasteiger charge is 2.21. The molecule has 19 heavy (non-hydrogen) atoms. The van der Waals surface area contributed by atoms with E-state index in [0.717, 1.165) is 10.4 Å². The van der Waals surface area contributed by atoms with Crippen molar-refractivity contribution < 1.29 is 4.74 Å². The van der Waals surface area contributed by atoms with Gasteiger partial charge in [-0.05, 0) is 50.6 Å². The first-order valence-corrected chi connectivity index (χ1v) is 7.41. The predicted molar refractivity (Wildman–Crippen MR) is 82.3 cm³/mol. The molecule has 0 saturated heterocycles. The minimum Gasteiger partial charge on any atom is -0.482 e. The molecule has 2 unspecified atom stereocenters. The lowest BCUT2D eigenvalue weighted by molar-refractivity contribution is 0.184. The number of ether oxygens (including phenoxy) is 1. The summed E-state index contributed by atoms with van der Waals surface area (Å²) in [5, 5.41) is 0.615. The van der Waals surface area contributed by atoms with Gasteiger partial charge in [0.2, 0.25) is 0 Å². The molecule has 0 amide bonds. The van der Waals surface area contributed by atoms with Gasteiger partial charge < -0.3 is 10.5 Å². The lowest BCUT2D eigenvalue weighted by Gasteiger charge is -2.22. The summed E-state index contributed by atoms with van der Waals surface area (Å²) in [6, 6.07) is 9.80. The first-order chi connectivity index (χ1) is 8.97. The minimum atomic E-state index is -0.169. The van der Waals surface area contributed by atoms with E-state index in [9.17, 15) is 0 Å². The molecule has 2 rings (SSSR count). The number of hydrogen-bond donors (Lipinski definition) is 1. The van der Waals surface area contributed by atoms with Gasteiger partial charge in [0.15, 0.2) is 0 Å². The molecule has 0 spiro atoms. The van der Waals surface area contributed by atoms with Gasteiger partial charge >= 0.3 is 0 Å². The van der Waals surface area contributed by atoms with Gasteiger partial charge in [0.1, 0.15) is 11.9 Å². The highest BCUT2D eigenvalue weighted by molar-refractivity contribution is 7.12. The summed E-state index contributed by atoms with van der Waals surface area (Å²) in [6.45, 7) is 6.04. The zero-order chi connectivity index (χ0) is 14.0. The standard InChI is InChI=1S/C15H18ClNOS/c1-9-4-6-12(16)13(8-9)18-15(11(3)17)14-7-5-10(2)19-14/h4-8,11,15H,17H2,1-3H3. The summed E-state index contributed by atoms with van der Waals surface area (Å²) in [5.74, 6) is 0.690. The van der Waals surface area contributed by atoms with Crippen LogP contribution in [0.15, 0.2) is 30.3 Å². The van der Waals surface area contributed by atoms with Crippen molar-refractivity contribution in [3.63, 3.8) is 0 Å². The maximum atomic E-state index is 6.18. The molecule has 0 aliphatic heterocycles. The summed E-state index contributed by atoms with van der Waals surface area (Å²) in [5.41, 5.74) is 7.17. The highest BCUT2D eigenvalue weighted by atomic mass is 35.5. The maximum absolute atomic E-state index is 6.18. The van der Waals surface area contributed by atoms with E-state index in [1.807, 2.05) is 32.0 Å². The van der Waals surface area contributed by atoms with E-state index in [4.69, 9.17) is 22.1 Å². The van der Waals surface area contributed by atoms with Crippen LogP contribution in [0, 0.1) is 13.8 Å². The Morgan fingerprint density at radius 3 is 2.53 bits per heavy atom. The molecule has 2 atom stereocenters. The summed E-state index contributed by atoms with van der Waals surface area (Å²) < 4.78 is 6.04. The van der Waals surface area contributed by atoms with Gasteiger partial charge in [0.05, 0.1) is 5.02 Å². The molecule has 4 heteroatoms. The highest BCUT2D eigenvalue weighted by Crippen LogP contribution is 2.33. The third-order valence-corrected chi connectivity index (χ3v) is 4.23. The average molecular weight is 296 g/mol. The van der Waals surface area contributed by atoms with Crippen LogP contribution in [-0.4, -0.2) is 6.04 Å². The molecule has 1 heterocycles. The molecular formula is C15H18ClNOS. The van der Waals surface area contributed by atoms with Gasteiger partial charge in [-0.25, -0.2) is 0 Å². The van der Waals surface area contributed by atoms with E-state index in [1.54, 1.807) is 11.3 Å². The largest absolute Gasteiger partial charge is 0.482 e. The Bertz CT molecular complexity index is 565. The van der Waals surface area contributed by atoms with Gasteiger partial charge in [0, 0.05) is 15.8 Å². The summed E-state index contributed by atoms with van der Waals surface area (Å²) >= 11 is 7.88. The Labute approximate surface area is 123 Å². The monoisotopic (exact) mass is 295 g/mol. The van der Waals surface area contributed by atoms with Crippen LogP contribution in [0.25, 0.3) is 0 Å². The van der Waals surface area contributed by atoms with Crippen molar-refractivity contribution in [3.05, 3.63) is 50.7 Å². The van der Waals surface area contributed by atoms with Crippen LogP contribution < -0.4 is 10.5 Å². The van der Waals surface area contributed by atoms with Gasteiger partial charge in [-0.1, -0.05) is 17.7 Å². The zero-order valence-corrected chi connectivity index (χ0v) is 12.9. The number of aryl methyl sites for hydroxylation is 2. The topological polar surface area (TPSA) is 35.2 Å². The molecule has 2 aromatic rings. The van der Waals surface area contributed by atoms with Gasteiger partial charge in [0.25, 0.3) is 0 Å². The van der Waals surface area contributed by atoms with Gasteiger partial charge in [-0.15, -0.1) is 11.3 Å². The fourth-order valence-corrected chi connectivity index (χ4v) is 3.05. The second-order valence-electron chi connectivity index (χ2n) is 4.78. The normalized spacial score (nSPS) is 14.2. The molecule has 0 fully saturated rings. The third kappa shape index (κ3) is 3.50.